The molecule has 2 aliphatic rings. The fraction of sp³-hybridized carbons (Fsp3) is 0.588. The van der Waals surface area contributed by atoms with Crippen molar-refractivity contribution >= 4 is 5.69 Å². The highest BCUT2D eigenvalue weighted by molar-refractivity contribution is 5.53. The molecule has 1 aromatic carbocycles. The van der Waals surface area contributed by atoms with Crippen molar-refractivity contribution in [1.29, 1.82) is 5.26 Å². The highest BCUT2D eigenvalue weighted by atomic mass is 15.1. The molecule has 1 aliphatic carbocycles. The molecule has 1 heterocycles. The van der Waals surface area contributed by atoms with Crippen LogP contribution in [0, 0.1) is 24.2 Å². The van der Waals surface area contributed by atoms with Crippen LogP contribution in [-0.4, -0.2) is 25.7 Å². The van der Waals surface area contributed by atoms with E-state index in [1.165, 1.54) is 37.9 Å². The maximum atomic E-state index is 8.99. The SMILES string of the molecule is Cc1cc(N2CCC(NCC3CC3)CC2)ccc1C#N. The molecular weight excluding hydrogens is 246 g/mol. The lowest BCUT2D eigenvalue weighted by Crippen LogP contribution is -2.43. The Labute approximate surface area is 121 Å². The number of hydrogen-bond acceptors (Lipinski definition) is 3. The Balaban J connectivity index is 1.54. The molecule has 3 heteroatoms. The van der Waals surface area contributed by atoms with E-state index in [1.807, 2.05) is 13.0 Å². The number of nitrogens with one attached hydrogen (secondary N) is 1. The van der Waals surface area contributed by atoms with Gasteiger partial charge in [0.25, 0.3) is 0 Å². The van der Waals surface area contributed by atoms with Crippen molar-refractivity contribution in [2.75, 3.05) is 24.5 Å². The molecule has 106 valence electrons. The van der Waals surface area contributed by atoms with Gasteiger partial charge in [-0.05, 0) is 68.8 Å². The van der Waals surface area contributed by atoms with Crippen molar-refractivity contribution in [2.24, 2.45) is 5.92 Å². The van der Waals surface area contributed by atoms with Gasteiger partial charge in [-0.3, -0.25) is 0 Å². The number of anilines is 1. The molecule has 0 spiro atoms. The summed E-state index contributed by atoms with van der Waals surface area (Å²) in [5, 5.41) is 12.7. The zero-order chi connectivity index (χ0) is 13.9. The van der Waals surface area contributed by atoms with Gasteiger partial charge >= 0.3 is 0 Å². The lowest BCUT2D eigenvalue weighted by molar-refractivity contribution is 0.409. The Hall–Kier alpha value is -1.53. The Morgan fingerprint density at radius 3 is 2.60 bits per heavy atom. The molecule has 0 atom stereocenters. The van der Waals surface area contributed by atoms with Gasteiger partial charge in [-0.25, -0.2) is 0 Å². The third kappa shape index (κ3) is 3.13. The molecule has 1 saturated carbocycles. The highest BCUT2D eigenvalue weighted by Crippen LogP contribution is 2.28. The van der Waals surface area contributed by atoms with Crippen molar-refractivity contribution < 1.29 is 0 Å². The number of hydrogen-bond donors (Lipinski definition) is 1. The fourth-order valence-electron chi connectivity index (χ4n) is 2.97. The van der Waals surface area contributed by atoms with E-state index in [9.17, 15) is 0 Å². The molecule has 1 aromatic rings. The number of nitrogens with zero attached hydrogens (tertiary/aromatic N) is 2. The monoisotopic (exact) mass is 269 g/mol. The molecule has 20 heavy (non-hydrogen) atoms. The van der Waals surface area contributed by atoms with Crippen LogP contribution in [0.2, 0.25) is 0 Å². The standard InChI is InChI=1S/C17H23N3/c1-13-10-17(5-4-15(13)11-18)20-8-6-16(7-9-20)19-12-14-2-3-14/h4-5,10,14,16,19H,2-3,6-9,12H2,1H3. The summed E-state index contributed by atoms with van der Waals surface area (Å²) in [6, 6.07) is 9.12. The van der Waals surface area contributed by atoms with Crippen LogP contribution in [0.5, 0.6) is 0 Å². The molecule has 0 amide bonds. The number of rotatable bonds is 4. The Morgan fingerprint density at radius 2 is 2.00 bits per heavy atom. The van der Waals surface area contributed by atoms with Crippen LogP contribution in [0.4, 0.5) is 5.69 Å². The average Bonchev–Trinajstić information content (AvgIpc) is 3.30. The van der Waals surface area contributed by atoms with E-state index in [4.69, 9.17) is 5.26 Å². The zero-order valence-corrected chi connectivity index (χ0v) is 12.2. The first-order chi connectivity index (χ1) is 9.76. The highest BCUT2D eigenvalue weighted by Gasteiger charge is 2.24. The first-order valence-corrected chi connectivity index (χ1v) is 7.75. The van der Waals surface area contributed by atoms with E-state index in [0.29, 0.717) is 6.04 Å². The van der Waals surface area contributed by atoms with Gasteiger partial charge in [0.05, 0.1) is 11.6 Å². The Morgan fingerprint density at radius 1 is 1.25 bits per heavy atom. The lowest BCUT2D eigenvalue weighted by Gasteiger charge is -2.34. The summed E-state index contributed by atoms with van der Waals surface area (Å²) in [6.45, 7) is 5.48. The Kier molecular flexibility index (Phi) is 3.93. The lowest BCUT2D eigenvalue weighted by atomic mass is 10.0. The van der Waals surface area contributed by atoms with Crippen LogP contribution < -0.4 is 10.2 Å². The van der Waals surface area contributed by atoms with Crippen LogP contribution in [0.3, 0.4) is 0 Å². The third-order valence-corrected chi connectivity index (χ3v) is 4.58. The van der Waals surface area contributed by atoms with E-state index in [0.717, 1.165) is 30.1 Å². The number of benzene rings is 1. The van der Waals surface area contributed by atoms with Crippen LogP contribution in [0.1, 0.15) is 36.8 Å². The molecule has 0 aromatic heterocycles. The average molecular weight is 269 g/mol. The van der Waals surface area contributed by atoms with Gasteiger partial charge in [0, 0.05) is 24.8 Å². The summed E-state index contributed by atoms with van der Waals surface area (Å²) in [4.78, 5) is 2.45. The van der Waals surface area contributed by atoms with Gasteiger partial charge < -0.3 is 10.2 Å². The minimum absolute atomic E-state index is 0.700. The summed E-state index contributed by atoms with van der Waals surface area (Å²) < 4.78 is 0. The molecule has 3 nitrogen and oxygen atoms in total. The summed E-state index contributed by atoms with van der Waals surface area (Å²) in [7, 11) is 0. The predicted octanol–water partition coefficient (Wildman–Crippen LogP) is 2.84. The zero-order valence-electron chi connectivity index (χ0n) is 12.2. The van der Waals surface area contributed by atoms with Crippen molar-refractivity contribution in [3.05, 3.63) is 29.3 Å². The maximum absolute atomic E-state index is 8.99. The molecule has 0 bridgehead atoms. The van der Waals surface area contributed by atoms with Gasteiger partial charge in [-0.2, -0.15) is 5.26 Å². The minimum atomic E-state index is 0.700. The van der Waals surface area contributed by atoms with Gasteiger partial charge in [0.1, 0.15) is 0 Å². The second-order valence-corrected chi connectivity index (χ2v) is 6.22. The van der Waals surface area contributed by atoms with E-state index in [1.54, 1.807) is 0 Å². The first kappa shape index (κ1) is 13.5. The second kappa shape index (κ2) is 5.85. The molecular formula is C17H23N3. The largest absolute Gasteiger partial charge is 0.371 e. The van der Waals surface area contributed by atoms with Crippen molar-refractivity contribution in [2.45, 2.75) is 38.6 Å². The molecule has 1 aliphatic heterocycles. The molecule has 0 radical (unpaired) electrons. The predicted molar refractivity (Wildman–Crippen MR) is 81.9 cm³/mol. The quantitative estimate of drug-likeness (QED) is 0.913. The van der Waals surface area contributed by atoms with E-state index in [-0.39, 0.29) is 0 Å². The number of nitriles is 1. The Bertz CT molecular complexity index is 505. The summed E-state index contributed by atoms with van der Waals surface area (Å²) in [5.74, 6) is 0.967. The number of piperidine rings is 1. The second-order valence-electron chi connectivity index (χ2n) is 6.22. The van der Waals surface area contributed by atoms with Crippen molar-refractivity contribution in [1.82, 2.24) is 5.32 Å². The van der Waals surface area contributed by atoms with E-state index >= 15 is 0 Å². The molecule has 2 fully saturated rings. The number of aryl methyl sites for hydroxylation is 1. The molecule has 1 saturated heterocycles. The molecule has 1 N–H and O–H groups in total. The van der Waals surface area contributed by atoms with Crippen LogP contribution in [-0.2, 0) is 0 Å². The summed E-state index contributed by atoms with van der Waals surface area (Å²) >= 11 is 0. The van der Waals surface area contributed by atoms with E-state index in [2.05, 4.69) is 28.4 Å². The maximum Gasteiger partial charge on any atom is 0.0994 e. The third-order valence-electron chi connectivity index (χ3n) is 4.58. The smallest absolute Gasteiger partial charge is 0.0994 e. The van der Waals surface area contributed by atoms with Crippen LogP contribution in [0.25, 0.3) is 0 Å². The topological polar surface area (TPSA) is 39.1 Å². The van der Waals surface area contributed by atoms with Crippen molar-refractivity contribution in [3.63, 3.8) is 0 Å². The normalized spacial score (nSPS) is 19.9. The fourth-order valence-corrected chi connectivity index (χ4v) is 2.97. The van der Waals surface area contributed by atoms with Crippen LogP contribution >= 0.6 is 0 Å². The van der Waals surface area contributed by atoms with Gasteiger partial charge in [0.2, 0.25) is 0 Å². The van der Waals surface area contributed by atoms with E-state index < -0.39 is 0 Å². The summed E-state index contributed by atoms with van der Waals surface area (Å²) in [6.07, 6.45) is 5.31. The molecule has 3 rings (SSSR count). The van der Waals surface area contributed by atoms with Gasteiger partial charge in [-0.1, -0.05) is 0 Å². The summed E-state index contributed by atoms with van der Waals surface area (Å²) in [5.41, 5.74) is 3.14. The molecule has 0 unspecified atom stereocenters. The van der Waals surface area contributed by atoms with Gasteiger partial charge in [0.15, 0.2) is 0 Å². The van der Waals surface area contributed by atoms with Crippen LogP contribution in [0.15, 0.2) is 18.2 Å². The van der Waals surface area contributed by atoms with Gasteiger partial charge in [-0.15, -0.1) is 0 Å². The first-order valence-electron chi connectivity index (χ1n) is 7.75. The van der Waals surface area contributed by atoms with Crippen molar-refractivity contribution in [3.8, 4) is 6.07 Å². The minimum Gasteiger partial charge on any atom is -0.371 e.